The van der Waals surface area contributed by atoms with Gasteiger partial charge in [0, 0.05) is 25.7 Å². The van der Waals surface area contributed by atoms with E-state index >= 15 is 0 Å². The Balaban J connectivity index is 1.79. The zero-order valence-corrected chi connectivity index (χ0v) is 14.0. The molecule has 1 aliphatic heterocycles. The number of nitrogens with one attached hydrogen (secondary N) is 1. The van der Waals surface area contributed by atoms with Gasteiger partial charge < -0.3 is 10.2 Å². The first kappa shape index (κ1) is 16.3. The number of rotatable bonds is 7. The fourth-order valence-corrected chi connectivity index (χ4v) is 4.28. The number of nitrogens with zero attached hydrogens (tertiary/aromatic N) is 1. The second-order valence-electron chi connectivity index (χ2n) is 7.76. The van der Waals surface area contributed by atoms with Gasteiger partial charge in [0.15, 0.2) is 0 Å². The highest BCUT2D eigenvalue weighted by atomic mass is 15.2. The van der Waals surface area contributed by atoms with Crippen molar-refractivity contribution < 1.29 is 0 Å². The van der Waals surface area contributed by atoms with E-state index in [0.717, 1.165) is 23.8 Å². The van der Waals surface area contributed by atoms with Crippen LogP contribution in [0, 0.1) is 17.8 Å². The van der Waals surface area contributed by atoms with Gasteiger partial charge in [-0.05, 0) is 50.0 Å². The van der Waals surface area contributed by atoms with Crippen molar-refractivity contribution in [2.45, 2.75) is 71.8 Å². The number of hydrogen-bond donors (Lipinski definition) is 1. The minimum absolute atomic E-state index is 0.750. The van der Waals surface area contributed by atoms with Gasteiger partial charge in [-0.25, -0.2) is 0 Å². The van der Waals surface area contributed by atoms with Crippen LogP contribution in [0.3, 0.4) is 0 Å². The van der Waals surface area contributed by atoms with Gasteiger partial charge in [0.2, 0.25) is 0 Å². The van der Waals surface area contributed by atoms with Crippen LogP contribution in [0.4, 0.5) is 0 Å². The Bertz CT molecular complexity index is 258. The monoisotopic (exact) mass is 280 g/mol. The second kappa shape index (κ2) is 8.38. The van der Waals surface area contributed by atoms with Crippen molar-refractivity contribution >= 4 is 0 Å². The number of piperidine rings is 1. The van der Waals surface area contributed by atoms with Gasteiger partial charge in [-0.3, -0.25) is 0 Å². The van der Waals surface area contributed by atoms with Crippen LogP contribution >= 0.6 is 0 Å². The third-order valence-electron chi connectivity index (χ3n) is 5.10. The van der Waals surface area contributed by atoms with Gasteiger partial charge in [-0.2, -0.15) is 0 Å². The molecule has 2 rings (SSSR count). The average Bonchev–Trinajstić information content (AvgIpc) is 2.89. The smallest absolute Gasteiger partial charge is 0.0198 e. The minimum atomic E-state index is 0.750. The average molecular weight is 280 g/mol. The first-order chi connectivity index (χ1) is 9.67. The molecule has 0 aromatic rings. The second-order valence-corrected chi connectivity index (χ2v) is 7.76. The Morgan fingerprint density at radius 2 is 1.85 bits per heavy atom. The van der Waals surface area contributed by atoms with Crippen molar-refractivity contribution in [3.05, 3.63) is 0 Å². The molecule has 2 nitrogen and oxygen atoms in total. The molecule has 2 atom stereocenters. The molecule has 0 aromatic carbocycles. The van der Waals surface area contributed by atoms with Crippen LogP contribution in [0.2, 0.25) is 0 Å². The van der Waals surface area contributed by atoms with E-state index in [4.69, 9.17) is 0 Å². The molecule has 118 valence electrons. The summed E-state index contributed by atoms with van der Waals surface area (Å²) in [7, 11) is 0. The third-order valence-corrected chi connectivity index (χ3v) is 5.10. The Labute approximate surface area is 126 Å². The molecule has 0 aromatic heterocycles. The topological polar surface area (TPSA) is 15.3 Å². The lowest BCUT2D eigenvalue weighted by atomic mass is 9.89. The molecule has 1 saturated carbocycles. The summed E-state index contributed by atoms with van der Waals surface area (Å²) in [5.74, 6) is 2.69. The van der Waals surface area contributed by atoms with Gasteiger partial charge in [0.05, 0.1) is 0 Å². The molecular weight excluding hydrogens is 244 g/mol. The number of likely N-dealkylation sites (tertiary alicyclic amines) is 1. The van der Waals surface area contributed by atoms with E-state index in [9.17, 15) is 0 Å². The van der Waals surface area contributed by atoms with Gasteiger partial charge in [0.1, 0.15) is 0 Å². The molecule has 20 heavy (non-hydrogen) atoms. The third kappa shape index (κ3) is 5.37. The van der Waals surface area contributed by atoms with Crippen LogP contribution in [-0.2, 0) is 0 Å². The van der Waals surface area contributed by atoms with Crippen molar-refractivity contribution in [1.82, 2.24) is 10.2 Å². The molecule has 0 bridgehead atoms. The lowest BCUT2D eigenvalue weighted by molar-refractivity contribution is 0.121. The summed E-state index contributed by atoms with van der Waals surface area (Å²) in [6, 6.07) is 0.750. The van der Waals surface area contributed by atoms with Gasteiger partial charge >= 0.3 is 0 Å². The van der Waals surface area contributed by atoms with Crippen LogP contribution in [0.1, 0.15) is 65.7 Å². The van der Waals surface area contributed by atoms with Crippen molar-refractivity contribution in [2.24, 2.45) is 17.8 Å². The molecule has 1 heterocycles. The maximum atomic E-state index is 3.91. The van der Waals surface area contributed by atoms with Crippen molar-refractivity contribution in [3.8, 4) is 0 Å². The van der Waals surface area contributed by atoms with Crippen molar-refractivity contribution in [1.29, 1.82) is 0 Å². The van der Waals surface area contributed by atoms with E-state index in [-0.39, 0.29) is 0 Å². The first-order valence-corrected chi connectivity index (χ1v) is 9.13. The summed E-state index contributed by atoms with van der Waals surface area (Å²) in [5, 5.41) is 3.91. The zero-order valence-electron chi connectivity index (χ0n) is 14.0. The molecule has 2 unspecified atom stereocenters. The SMILES string of the molecule is CCCC1CC(NCC2CCCC2)CN(CC(C)C)C1. The van der Waals surface area contributed by atoms with E-state index in [0.29, 0.717) is 0 Å². The Kier molecular flexibility index (Phi) is 6.83. The molecule has 1 aliphatic carbocycles. The summed E-state index contributed by atoms with van der Waals surface area (Å²) < 4.78 is 0. The summed E-state index contributed by atoms with van der Waals surface area (Å²) in [6.07, 6.45) is 10.0. The molecule has 1 saturated heterocycles. The quantitative estimate of drug-likeness (QED) is 0.760. The van der Waals surface area contributed by atoms with Crippen LogP contribution in [0.25, 0.3) is 0 Å². The molecule has 0 radical (unpaired) electrons. The highest BCUT2D eigenvalue weighted by Crippen LogP contribution is 2.26. The van der Waals surface area contributed by atoms with E-state index < -0.39 is 0 Å². The molecule has 1 N–H and O–H groups in total. The fraction of sp³-hybridized carbons (Fsp3) is 1.00. The largest absolute Gasteiger partial charge is 0.312 e. The van der Waals surface area contributed by atoms with E-state index in [2.05, 4.69) is 31.0 Å². The van der Waals surface area contributed by atoms with Gasteiger partial charge in [-0.15, -0.1) is 0 Å². The maximum absolute atomic E-state index is 3.91. The van der Waals surface area contributed by atoms with Crippen LogP contribution in [-0.4, -0.2) is 37.1 Å². The summed E-state index contributed by atoms with van der Waals surface area (Å²) in [6.45, 7) is 12.2. The van der Waals surface area contributed by atoms with Crippen LogP contribution in [0.15, 0.2) is 0 Å². The molecule has 2 aliphatic rings. The summed E-state index contributed by atoms with van der Waals surface area (Å²) in [4.78, 5) is 2.72. The van der Waals surface area contributed by atoms with Crippen LogP contribution < -0.4 is 5.32 Å². The maximum Gasteiger partial charge on any atom is 0.0198 e. The lowest BCUT2D eigenvalue weighted by Crippen LogP contribution is -2.50. The molecule has 2 fully saturated rings. The van der Waals surface area contributed by atoms with Crippen molar-refractivity contribution in [3.63, 3.8) is 0 Å². The zero-order chi connectivity index (χ0) is 14.4. The van der Waals surface area contributed by atoms with Gasteiger partial charge in [0.25, 0.3) is 0 Å². The molecule has 2 heteroatoms. The highest BCUT2D eigenvalue weighted by Gasteiger charge is 2.27. The molecule has 0 amide bonds. The lowest BCUT2D eigenvalue weighted by Gasteiger charge is -2.39. The predicted octanol–water partition coefficient (Wildman–Crippen LogP) is 3.91. The standard InChI is InChI=1S/C18H36N2/c1-4-7-17-10-18(14-20(13-17)12-15(2)3)19-11-16-8-5-6-9-16/h15-19H,4-14H2,1-3H3. The highest BCUT2D eigenvalue weighted by molar-refractivity contribution is 4.85. The van der Waals surface area contributed by atoms with E-state index in [1.165, 1.54) is 71.1 Å². The van der Waals surface area contributed by atoms with Crippen molar-refractivity contribution in [2.75, 3.05) is 26.2 Å². The normalized spacial score (nSPS) is 29.4. The fourth-order valence-electron chi connectivity index (χ4n) is 4.28. The summed E-state index contributed by atoms with van der Waals surface area (Å²) >= 11 is 0. The minimum Gasteiger partial charge on any atom is -0.312 e. The Morgan fingerprint density at radius 1 is 1.10 bits per heavy atom. The first-order valence-electron chi connectivity index (χ1n) is 9.13. The molecule has 0 spiro atoms. The molecular formula is C18H36N2. The van der Waals surface area contributed by atoms with Gasteiger partial charge in [-0.1, -0.05) is 40.0 Å². The Morgan fingerprint density at radius 3 is 2.50 bits per heavy atom. The number of hydrogen-bond acceptors (Lipinski definition) is 2. The van der Waals surface area contributed by atoms with Crippen LogP contribution in [0.5, 0.6) is 0 Å². The Hall–Kier alpha value is -0.0800. The van der Waals surface area contributed by atoms with E-state index in [1.807, 2.05) is 0 Å². The summed E-state index contributed by atoms with van der Waals surface area (Å²) in [5.41, 5.74) is 0. The van der Waals surface area contributed by atoms with E-state index in [1.54, 1.807) is 0 Å². The predicted molar refractivity (Wildman–Crippen MR) is 88.0 cm³/mol.